The molecular weight excluding hydrogens is 427 g/mol. The molecule has 0 atom stereocenters. The van der Waals surface area contributed by atoms with Crippen molar-refractivity contribution in [3.05, 3.63) is 29.8 Å². The molecule has 0 fully saturated rings. The van der Waals surface area contributed by atoms with Gasteiger partial charge in [0.05, 0.1) is 4.90 Å². The standard InChI is InChI=1S/C15H26N4O2S.HI/c1-12(2)11-18-15(16-4)17-9-10-19-22(20,21)14-7-5-13(3)6-8-14;/h5-8,12,19H,9-11H2,1-4H3,(H2,16,17,18);1H. The highest BCUT2D eigenvalue weighted by Crippen LogP contribution is 2.09. The molecular formula is C15H27IN4O2S. The van der Waals surface area contributed by atoms with Crippen molar-refractivity contribution in [3.8, 4) is 0 Å². The first-order chi connectivity index (χ1) is 10.3. The molecule has 1 aromatic carbocycles. The van der Waals surface area contributed by atoms with Gasteiger partial charge >= 0.3 is 0 Å². The van der Waals surface area contributed by atoms with Crippen LogP contribution in [0.4, 0.5) is 0 Å². The van der Waals surface area contributed by atoms with E-state index >= 15 is 0 Å². The van der Waals surface area contributed by atoms with Gasteiger partial charge in [-0.25, -0.2) is 13.1 Å². The zero-order valence-corrected chi connectivity index (χ0v) is 17.2. The average molecular weight is 454 g/mol. The Morgan fingerprint density at radius 1 is 1.13 bits per heavy atom. The summed E-state index contributed by atoms with van der Waals surface area (Å²) in [6.45, 7) is 7.70. The van der Waals surface area contributed by atoms with Crippen molar-refractivity contribution in [2.45, 2.75) is 25.7 Å². The maximum atomic E-state index is 12.1. The van der Waals surface area contributed by atoms with Crippen molar-refractivity contribution < 1.29 is 8.42 Å². The summed E-state index contributed by atoms with van der Waals surface area (Å²) in [5.74, 6) is 1.18. The smallest absolute Gasteiger partial charge is 0.240 e. The summed E-state index contributed by atoms with van der Waals surface area (Å²) >= 11 is 0. The molecule has 1 rings (SSSR count). The lowest BCUT2D eigenvalue weighted by Gasteiger charge is -2.13. The summed E-state index contributed by atoms with van der Waals surface area (Å²) < 4.78 is 26.7. The maximum Gasteiger partial charge on any atom is 0.240 e. The topological polar surface area (TPSA) is 82.6 Å². The van der Waals surface area contributed by atoms with Crippen LogP contribution in [0.1, 0.15) is 19.4 Å². The fourth-order valence-electron chi connectivity index (χ4n) is 1.69. The fraction of sp³-hybridized carbons (Fsp3) is 0.533. The van der Waals surface area contributed by atoms with Gasteiger partial charge in [-0.1, -0.05) is 31.5 Å². The van der Waals surface area contributed by atoms with E-state index < -0.39 is 10.0 Å². The van der Waals surface area contributed by atoms with E-state index in [1.807, 2.05) is 6.92 Å². The summed E-state index contributed by atoms with van der Waals surface area (Å²) in [5.41, 5.74) is 1.03. The minimum absolute atomic E-state index is 0. The van der Waals surface area contributed by atoms with Gasteiger partial charge in [0.2, 0.25) is 10.0 Å². The van der Waals surface area contributed by atoms with Crippen molar-refractivity contribution in [3.63, 3.8) is 0 Å². The summed E-state index contributed by atoms with van der Waals surface area (Å²) in [6, 6.07) is 6.78. The van der Waals surface area contributed by atoms with Gasteiger partial charge in [-0.2, -0.15) is 0 Å². The van der Waals surface area contributed by atoms with Crippen molar-refractivity contribution >= 4 is 40.0 Å². The molecule has 0 aliphatic rings. The molecule has 0 spiro atoms. The molecule has 0 aliphatic heterocycles. The number of halogens is 1. The van der Waals surface area contributed by atoms with E-state index in [1.54, 1.807) is 31.3 Å². The predicted octanol–water partition coefficient (Wildman–Crippen LogP) is 1.71. The first-order valence-corrected chi connectivity index (χ1v) is 8.84. The lowest BCUT2D eigenvalue weighted by atomic mass is 10.2. The summed E-state index contributed by atoms with van der Waals surface area (Å²) in [5, 5.41) is 6.24. The van der Waals surface area contributed by atoms with E-state index in [1.165, 1.54) is 0 Å². The zero-order valence-electron chi connectivity index (χ0n) is 14.1. The molecule has 1 aromatic rings. The largest absolute Gasteiger partial charge is 0.356 e. The molecule has 3 N–H and O–H groups in total. The van der Waals surface area contributed by atoms with Crippen LogP contribution in [-0.2, 0) is 10.0 Å². The number of guanidine groups is 1. The number of nitrogens with zero attached hydrogens (tertiary/aromatic N) is 1. The second-order valence-corrected chi connectivity index (χ2v) is 7.25. The second-order valence-electron chi connectivity index (χ2n) is 5.48. The molecule has 0 saturated heterocycles. The van der Waals surface area contributed by atoms with Gasteiger partial charge in [0.1, 0.15) is 0 Å². The van der Waals surface area contributed by atoms with Crippen LogP contribution >= 0.6 is 24.0 Å². The van der Waals surface area contributed by atoms with Gasteiger partial charge in [0.15, 0.2) is 5.96 Å². The Labute approximate surface area is 156 Å². The summed E-state index contributed by atoms with van der Waals surface area (Å²) in [4.78, 5) is 4.36. The third-order valence-electron chi connectivity index (χ3n) is 2.94. The van der Waals surface area contributed by atoms with Crippen molar-refractivity contribution in [1.29, 1.82) is 0 Å². The van der Waals surface area contributed by atoms with Crippen LogP contribution in [0.5, 0.6) is 0 Å². The van der Waals surface area contributed by atoms with Gasteiger partial charge in [-0.05, 0) is 25.0 Å². The van der Waals surface area contributed by atoms with Crippen LogP contribution in [0.3, 0.4) is 0 Å². The van der Waals surface area contributed by atoms with E-state index in [4.69, 9.17) is 0 Å². The SMILES string of the molecule is CN=C(NCCNS(=O)(=O)c1ccc(C)cc1)NCC(C)C.I. The van der Waals surface area contributed by atoms with Crippen LogP contribution in [0.15, 0.2) is 34.2 Å². The third kappa shape index (κ3) is 8.52. The Morgan fingerprint density at radius 3 is 2.26 bits per heavy atom. The normalized spacial score (nSPS) is 12.0. The lowest BCUT2D eigenvalue weighted by Crippen LogP contribution is -2.42. The van der Waals surface area contributed by atoms with Gasteiger partial charge in [-0.3, -0.25) is 4.99 Å². The van der Waals surface area contributed by atoms with Crippen molar-refractivity contribution in [2.75, 3.05) is 26.7 Å². The van der Waals surface area contributed by atoms with Gasteiger partial charge in [-0.15, -0.1) is 24.0 Å². The molecule has 0 radical (unpaired) electrons. The number of aryl methyl sites for hydroxylation is 1. The van der Waals surface area contributed by atoms with Crippen molar-refractivity contribution in [2.24, 2.45) is 10.9 Å². The maximum absolute atomic E-state index is 12.1. The number of rotatable bonds is 7. The molecule has 0 amide bonds. The minimum atomic E-state index is -3.46. The van der Waals surface area contributed by atoms with Crippen LogP contribution in [-0.4, -0.2) is 41.1 Å². The molecule has 0 bridgehead atoms. The molecule has 132 valence electrons. The third-order valence-corrected chi connectivity index (χ3v) is 4.42. The summed E-state index contributed by atoms with van der Waals surface area (Å²) in [6.07, 6.45) is 0. The molecule has 0 unspecified atom stereocenters. The number of hydrogen-bond acceptors (Lipinski definition) is 3. The second kappa shape index (κ2) is 10.8. The Kier molecular flexibility index (Phi) is 10.4. The number of aliphatic imine (C=N–C) groups is 1. The first-order valence-electron chi connectivity index (χ1n) is 7.36. The minimum Gasteiger partial charge on any atom is -0.356 e. The van der Waals surface area contributed by atoms with E-state index in [9.17, 15) is 8.42 Å². The molecule has 6 nitrogen and oxygen atoms in total. The number of nitrogens with one attached hydrogen (secondary N) is 3. The van der Waals surface area contributed by atoms with E-state index in [0.29, 0.717) is 25.0 Å². The summed E-state index contributed by atoms with van der Waals surface area (Å²) in [7, 11) is -1.77. The highest BCUT2D eigenvalue weighted by atomic mass is 127. The number of sulfonamides is 1. The number of benzene rings is 1. The van der Waals surface area contributed by atoms with Gasteiger partial charge in [0.25, 0.3) is 0 Å². The number of hydrogen-bond donors (Lipinski definition) is 3. The fourth-order valence-corrected chi connectivity index (χ4v) is 2.72. The molecule has 0 heterocycles. The van der Waals surface area contributed by atoms with Gasteiger partial charge < -0.3 is 10.6 Å². The molecule has 8 heteroatoms. The molecule has 23 heavy (non-hydrogen) atoms. The highest BCUT2D eigenvalue weighted by Gasteiger charge is 2.12. The van der Waals surface area contributed by atoms with Gasteiger partial charge in [0, 0.05) is 26.7 Å². The monoisotopic (exact) mass is 454 g/mol. The Balaban J connectivity index is 0.00000484. The molecule has 0 aromatic heterocycles. The highest BCUT2D eigenvalue weighted by molar-refractivity contribution is 14.0. The predicted molar refractivity (Wildman–Crippen MR) is 106 cm³/mol. The van der Waals surface area contributed by atoms with Crippen LogP contribution in [0.2, 0.25) is 0 Å². The van der Waals surface area contributed by atoms with E-state index in [-0.39, 0.29) is 28.9 Å². The van der Waals surface area contributed by atoms with Crippen molar-refractivity contribution in [1.82, 2.24) is 15.4 Å². The molecule has 0 saturated carbocycles. The van der Waals surface area contributed by atoms with Crippen LogP contribution in [0, 0.1) is 12.8 Å². The Bertz CT molecular complexity index is 586. The average Bonchev–Trinajstić information content (AvgIpc) is 2.46. The quantitative estimate of drug-likeness (QED) is 0.254. The van der Waals surface area contributed by atoms with E-state index in [2.05, 4.69) is 34.2 Å². The molecule has 0 aliphatic carbocycles. The Morgan fingerprint density at radius 2 is 1.74 bits per heavy atom. The van der Waals surface area contributed by atoms with Crippen LogP contribution in [0.25, 0.3) is 0 Å². The lowest BCUT2D eigenvalue weighted by molar-refractivity contribution is 0.579. The van der Waals surface area contributed by atoms with E-state index in [0.717, 1.165) is 12.1 Å². The first kappa shape index (κ1) is 22.1. The Hall–Kier alpha value is -0.870. The van der Waals surface area contributed by atoms with Crippen LogP contribution < -0.4 is 15.4 Å². The zero-order chi connectivity index (χ0) is 16.6.